The molecule has 0 unspecified atom stereocenters. The summed E-state index contributed by atoms with van der Waals surface area (Å²) in [6.45, 7) is 0.530. The van der Waals surface area contributed by atoms with Crippen LogP contribution in [0.4, 0.5) is 0 Å². The second-order valence-electron chi connectivity index (χ2n) is 3.68. The summed E-state index contributed by atoms with van der Waals surface area (Å²) < 4.78 is 6.69. The number of methoxy groups -OCH3 is 1. The third-order valence-corrected chi connectivity index (χ3v) is 2.59. The van der Waals surface area contributed by atoms with E-state index in [1.807, 2.05) is 0 Å². The number of rotatable bonds is 4. The number of aliphatic hydroxyl groups excluding tert-OH is 1. The van der Waals surface area contributed by atoms with E-state index < -0.39 is 0 Å². The Morgan fingerprint density at radius 3 is 3.00 bits per heavy atom. The monoisotopic (exact) mass is 234 g/mol. The Morgan fingerprint density at radius 2 is 2.29 bits per heavy atom. The largest absolute Gasteiger partial charge is 0.495 e. The predicted octanol–water partition coefficient (Wildman–Crippen LogP) is 0.787. The normalized spacial score (nSPS) is 10.7. The van der Waals surface area contributed by atoms with Crippen LogP contribution in [-0.2, 0) is 6.54 Å². The predicted molar refractivity (Wildman–Crippen MR) is 64.3 cm³/mol. The second kappa shape index (κ2) is 4.97. The molecule has 0 atom stereocenters. The lowest BCUT2D eigenvalue weighted by Crippen LogP contribution is -2.20. The third-order valence-electron chi connectivity index (χ3n) is 2.59. The van der Waals surface area contributed by atoms with Gasteiger partial charge in [-0.1, -0.05) is 0 Å². The summed E-state index contributed by atoms with van der Waals surface area (Å²) in [5, 5.41) is 8.84. The number of fused-ring (bicyclic) bond motifs is 1. The number of aliphatic hydroxyl groups is 1. The molecule has 0 spiro atoms. The summed E-state index contributed by atoms with van der Waals surface area (Å²) >= 11 is 0. The first-order valence-corrected chi connectivity index (χ1v) is 5.40. The van der Waals surface area contributed by atoms with Gasteiger partial charge < -0.3 is 14.4 Å². The third kappa shape index (κ3) is 2.29. The van der Waals surface area contributed by atoms with E-state index in [2.05, 4.69) is 4.98 Å². The average Bonchev–Trinajstić information content (AvgIpc) is 2.37. The molecule has 17 heavy (non-hydrogen) atoms. The molecule has 5 nitrogen and oxygen atoms in total. The van der Waals surface area contributed by atoms with Crippen molar-refractivity contribution >= 4 is 11.0 Å². The lowest BCUT2D eigenvalue weighted by Gasteiger charge is -2.09. The van der Waals surface area contributed by atoms with Crippen molar-refractivity contribution in [1.29, 1.82) is 0 Å². The molecule has 90 valence electrons. The van der Waals surface area contributed by atoms with Crippen molar-refractivity contribution in [3.8, 4) is 5.75 Å². The summed E-state index contributed by atoms with van der Waals surface area (Å²) in [7, 11) is 1.56. The molecule has 0 radical (unpaired) electrons. The van der Waals surface area contributed by atoms with Crippen molar-refractivity contribution < 1.29 is 9.84 Å². The molecule has 0 amide bonds. The van der Waals surface area contributed by atoms with E-state index in [1.165, 1.54) is 6.07 Å². The quantitative estimate of drug-likeness (QED) is 0.849. The van der Waals surface area contributed by atoms with Crippen molar-refractivity contribution in [3.63, 3.8) is 0 Å². The minimum absolute atomic E-state index is 0.0558. The highest BCUT2D eigenvalue weighted by atomic mass is 16.5. The second-order valence-corrected chi connectivity index (χ2v) is 3.68. The lowest BCUT2D eigenvalue weighted by atomic mass is 10.3. The fourth-order valence-electron chi connectivity index (χ4n) is 1.72. The van der Waals surface area contributed by atoms with Gasteiger partial charge in [0, 0.05) is 25.3 Å². The summed E-state index contributed by atoms with van der Waals surface area (Å²) in [5.41, 5.74) is 1.37. The van der Waals surface area contributed by atoms with Crippen LogP contribution in [-0.4, -0.2) is 28.4 Å². The zero-order chi connectivity index (χ0) is 12.3. The van der Waals surface area contributed by atoms with Crippen molar-refractivity contribution in [2.45, 2.75) is 13.0 Å². The topological polar surface area (TPSA) is 64.3 Å². The van der Waals surface area contributed by atoms with Gasteiger partial charge >= 0.3 is 0 Å². The minimum Gasteiger partial charge on any atom is -0.495 e. The van der Waals surface area contributed by atoms with Crippen LogP contribution >= 0.6 is 0 Å². The number of pyridine rings is 2. The first-order valence-electron chi connectivity index (χ1n) is 5.40. The Labute approximate surface area is 98.3 Å². The zero-order valence-corrected chi connectivity index (χ0v) is 9.59. The number of hydrogen-bond donors (Lipinski definition) is 1. The van der Waals surface area contributed by atoms with E-state index in [4.69, 9.17) is 9.84 Å². The van der Waals surface area contributed by atoms with Crippen LogP contribution in [0.2, 0.25) is 0 Å². The van der Waals surface area contributed by atoms with Gasteiger partial charge in [0.25, 0.3) is 5.56 Å². The molecule has 0 aliphatic rings. The number of nitrogens with zero attached hydrogens (tertiary/aromatic N) is 2. The van der Waals surface area contributed by atoms with E-state index in [0.29, 0.717) is 18.7 Å². The Morgan fingerprint density at radius 1 is 1.47 bits per heavy atom. The molecule has 2 heterocycles. The number of hydrogen-bond acceptors (Lipinski definition) is 4. The van der Waals surface area contributed by atoms with Crippen LogP contribution in [0, 0.1) is 0 Å². The Kier molecular flexibility index (Phi) is 3.39. The van der Waals surface area contributed by atoms with Crippen LogP contribution in [0.15, 0.2) is 29.2 Å². The molecular weight excluding hydrogens is 220 g/mol. The Balaban J connectivity index is 2.60. The smallest absolute Gasteiger partial charge is 0.251 e. The molecule has 0 fully saturated rings. The van der Waals surface area contributed by atoms with E-state index in [0.717, 1.165) is 11.0 Å². The molecule has 0 aliphatic heterocycles. The van der Waals surface area contributed by atoms with E-state index in [-0.39, 0.29) is 12.2 Å². The highest BCUT2D eigenvalue weighted by Crippen LogP contribution is 2.16. The van der Waals surface area contributed by atoms with Gasteiger partial charge in [0.1, 0.15) is 5.75 Å². The average molecular weight is 234 g/mol. The first kappa shape index (κ1) is 11.6. The standard InChI is InChI=1S/C12H14N2O3/c1-17-9-7-11-10(13-8-9)3-4-12(16)14(11)5-2-6-15/h3-4,7-8,15H,2,5-6H2,1H3. The van der Waals surface area contributed by atoms with Gasteiger partial charge in [-0.25, -0.2) is 0 Å². The van der Waals surface area contributed by atoms with E-state index in [9.17, 15) is 4.79 Å². The first-order chi connectivity index (χ1) is 8.26. The highest BCUT2D eigenvalue weighted by Gasteiger charge is 2.05. The van der Waals surface area contributed by atoms with Crippen molar-refractivity contribution in [2.75, 3.05) is 13.7 Å². The van der Waals surface area contributed by atoms with Crippen LogP contribution in [0.5, 0.6) is 5.75 Å². The van der Waals surface area contributed by atoms with Gasteiger partial charge in [-0.05, 0) is 12.5 Å². The number of ether oxygens (including phenoxy) is 1. The summed E-state index contributed by atoms with van der Waals surface area (Å²) in [6.07, 6.45) is 2.15. The Hall–Kier alpha value is -1.88. The maximum atomic E-state index is 11.8. The van der Waals surface area contributed by atoms with Gasteiger partial charge in [0.15, 0.2) is 0 Å². The van der Waals surface area contributed by atoms with Crippen molar-refractivity contribution in [3.05, 3.63) is 34.7 Å². The summed E-state index contributed by atoms with van der Waals surface area (Å²) in [4.78, 5) is 16.0. The van der Waals surface area contributed by atoms with E-state index >= 15 is 0 Å². The van der Waals surface area contributed by atoms with Crippen LogP contribution in [0.25, 0.3) is 11.0 Å². The molecule has 0 saturated carbocycles. The fraction of sp³-hybridized carbons (Fsp3) is 0.333. The Bertz CT molecular complexity index is 577. The molecule has 0 saturated heterocycles. The van der Waals surface area contributed by atoms with Gasteiger partial charge in [-0.3, -0.25) is 9.78 Å². The molecule has 0 bridgehead atoms. The van der Waals surface area contributed by atoms with Gasteiger partial charge in [0.2, 0.25) is 0 Å². The van der Waals surface area contributed by atoms with Crippen molar-refractivity contribution in [2.24, 2.45) is 0 Å². The van der Waals surface area contributed by atoms with Crippen molar-refractivity contribution in [1.82, 2.24) is 9.55 Å². The molecule has 2 aromatic rings. The summed E-state index contributed by atoms with van der Waals surface area (Å²) in [6, 6.07) is 4.95. The molecule has 2 rings (SSSR count). The van der Waals surface area contributed by atoms with Crippen LogP contribution < -0.4 is 10.3 Å². The molecule has 0 aliphatic carbocycles. The zero-order valence-electron chi connectivity index (χ0n) is 9.59. The summed E-state index contributed by atoms with van der Waals surface area (Å²) in [5.74, 6) is 0.612. The van der Waals surface area contributed by atoms with Gasteiger partial charge in [0.05, 0.1) is 24.3 Å². The maximum Gasteiger partial charge on any atom is 0.251 e. The van der Waals surface area contributed by atoms with Crippen LogP contribution in [0.1, 0.15) is 6.42 Å². The SMILES string of the molecule is COc1cnc2ccc(=O)n(CCCO)c2c1. The maximum absolute atomic E-state index is 11.8. The molecule has 1 N–H and O–H groups in total. The van der Waals surface area contributed by atoms with E-state index in [1.54, 1.807) is 30.0 Å². The minimum atomic E-state index is -0.0963. The van der Waals surface area contributed by atoms with Crippen LogP contribution in [0.3, 0.4) is 0 Å². The molecule has 2 aromatic heterocycles. The fourth-order valence-corrected chi connectivity index (χ4v) is 1.72. The highest BCUT2D eigenvalue weighted by molar-refractivity contribution is 5.75. The number of aromatic nitrogens is 2. The molecule has 0 aromatic carbocycles. The molecule has 5 heteroatoms. The molecular formula is C12H14N2O3. The van der Waals surface area contributed by atoms with Gasteiger partial charge in [-0.2, -0.15) is 0 Å². The lowest BCUT2D eigenvalue weighted by molar-refractivity contribution is 0.280. The number of aryl methyl sites for hydroxylation is 1. The van der Waals surface area contributed by atoms with Gasteiger partial charge in [-0.15, -0.1) is 0 Å².